The van der Waals surface area contributed by atoms with E-state index >= 15 is 0 Å². The molecule has 3 N–H and O–H groups in total. The summed E-state index contributed by atoms with van der Waals surface area (Å²) in [6.07, 6.45) is 0. The van der Waals surface area contributed by atoms with Gasteiger partial charge in [0.05, 0.1) is 5.52 Å². The molecule has 20 heavy (non-hydrogen) atoms. The Morgan fingerprint density at radius 2 is 1.95 bits per heavy atom. The maximum atomic E-state index is 12.5. The number of rotatable bonds is 2. The lowest BCUT2D eigenvalue weighted by Gasteiger charge is -2.15. The molecule has 0 aliphatic heterocycles. The summed E-state index contributed by atoms with van der Waals surface area (Å²) in [5, 5.41) is 7.69. The molecule has 5 heteroatoms. The number of nitrogens with one attached hydrogen (secondary N) is 1. The van der Waals surface area contributed by atoms with E-state index in [2.05, 4.69) is 10.2 Å². The number of aromatic amines is 1. The van der Waals surface area contributed by atoms with Crippen LogP contribution < -0.4 is 10.6 Å². The number of aromatic nitrogens is 2. The topological polar surface area (TPSA) is 75.0 Å². The number of fused-ring (bicyclic) bond motifs is 1. The molecule has 0 bridgehead atoms. The molecule has 0 saturated heterocycles. The van der Waals surface area contributed by atoms with Crippen LogP contribution >= 0.6 is 0 Å². The lowest BCUT2D eigenvalue weighted by Crippen LogP contribution is -2.26. The standard InChI is InChI=1S/C15H14N4O/c1-19(11-5-3-2-4-6-11)15(20)14-12-9-10(16)7-8-13(12)17-18-14/h2-9H,16H2,1H3,(H,17,18). The van der Waals surface area contributed by atoms with Crippen molar-refractivity contribution >= 4 is 28.2 Å². The SMILES string of the molecule is CN(C(=O)c1n[nH]c2ccc(N)cc12)c1ccccc1. The molecule has 2 aromatic carbocycles. The number of amides is 1. The van der Waals surface area contributed by atoms with Gasteiger partial charge in [0, 0.05) is 23.8 Å². The summed E-state index contributed by atoms with van der Waals surface area (Å²) in [5.74, 6) is -0.173. The number of H-pyrrole nitrogens is 1. The first-order chi connectivity index (χ1) is 9.66. The van der Waals surface area contributed by atoms with Crippen LogP contribution in [0, 0.1) is 0 Å². The van der Waals surface area contributed by atoms with Crippen LogP contribution in [0.4, 0.5) is 11.4 Å². The fourth-order valence-corrected chi connectivity index (χ4v) is 2.12. The normalized spacial score (nSPS) is 10.7. The van der Waals surface area contributed by atoms with Gasteiger partial charge in [-0.25, -0.2) is 0 Å². The van der Waals surface area contributed by atoms with E-state index in [9.17, 15) is 4.79 Å². The zero-order chi connectivity index (χ0) is 14.1. The first kappa shape index (κ1) is 12.2. The van der Waals surface area contributed by atoms with Gasteiger partial charge < -0.3 is 10.6 Å². The van der Waals surface area contributed by atoms with Crippen LogP contribution in [0.25, 0.3) is 10.9 Å². The number of hydrogen-bond acceptors (Lipinski definition) is 3. The average molecular weight is 266 g/mol. The third-order valence-electron chi connectivity index (χ3n) is 3.24. The molecule has 5 nitrogen and oxygen atoms in total. The number of carbonyl (C=O) groups excluding carboxylic acids is 1. The molecule has 1 amide bonds. The van der Waals surface area contributed by atoms with Crippen molar-refractivity contribution in [2.45, 2.75) is 0 Å². The Labute approximate surface area is 116 Å². The summed E-state index contributed by atoms with van der Waals surface area (Å²) in [6, 6.07) is 14.8. The minimum absolute atomic E-state index is 0.173. The number of anilines is 2. The average Bonchev–Trinajstić information content (AvgIpc) is 2.89. The zero-order valence-electron chi connectivity index (χ0n) is 11.0. The van der Waals surface area contributed by atoms with Gasteiger partial charge >= 0.3 is 0 Å². The molecule has 1 heterocycles. The van der Waals surface area contributed by atoms with Crippen LogP contribution in [0.15, 0.2) is 48.5 Å². The molecule has 3 aromatic rings. The van der Waals surface area contributed by atoms with Gasteiger partial charge in [0.1, 0.15) is 0 Å². The highest BCUT2D eigenvalue weighted by Crippen LogP contribution is 2.22. The van der Waals surface area contributed by atoms with Gasteiger partial charge in [-0.3, -0.25) is 9.89 Å². The number of nitrogen functional groups attached to an aromatic ring is 1. The lowest BCUT2D eigenvalue weighted by atomic mass is 10.1. The van der Waals surface area contributed by atoms with Gasteiger partial charge in [0.15, 0.2) is 5.69 Å². The molecule has 0 radical (unpaired) electrons. The molecule has 100 valence electrons. The predicted octanol–water partition coefficient (Wildman–Crippen LogP) is 2.42. The van der Waals surface area contributed by atoms with E-state index in [0.29, 0.717) is 11.4 Å². The predicted molar refractivity (Wildman–Crippen MR) is 79.7 cm³/mol. The Balaban J connectivity index is 2.03. The molecular formula is C15H14N4O. The second kappa shape index (κ2) is 4.70. The molecule has 3 rings (SSSR count). The van der Waals surface area contributed by atoms with Crippen molar-refractivity contribution in [3.63, 3.8) is 0 Å². The van der Waals surface area contributed by atoms with E-state index in [0.717, 1.165) is 16.6 Å². The molecule has 0 unspecified atom stereocenters. The van der Waals surface area contributed by atoms with Crippen LogP contribution in [0.5, 0.6) is 0 Å². The molecule has 0 atom stereocenters. The minimum atomic E-state index is -0.173. The highest BCUT2D eigenvalue weighted by atomic mass is 16.2. The third-order valence-corrected chi connectivity index (χ3v) is 3.24. The van der Waals surface area contributed by atoms with Crippen LogP contribution in [-0.4, -0.2) is 23.2 Å². The fourth-order valence-electron chi connectivity index (χ4n) is 2.12. The number of carbonyl (C=O) groups is 1. The monoisotopic (exact) mass is 266 g/mol. The van der Waals surface area contributed by atoms with Crippen molar-refractivity contribution in [2.24, 2.45) is 0 Å². The van der Waals surface area contributed by atoms with Gasteiger partial charge in [-0.05, 0) is 30.3 Å². The third kappa shape index (κ3) is 1.99. The Hall–Kier alpha value is -2.82. The maximum Gasteiger partial charge on any atom is 0.279 e. The van der Waals surface area contributed by atoms with Gasteiger partial charge in [0.2, 0.25) is 0 Å². The van der Waals surface area contributed by atoms with E-state index in [4.69, 9.17) is 5.73 Å². The minimum Gasteiger partial charge on any atom is -0.399 e. The van der Waals surface area contributed by atoms with E-state index in [1.54, 1.807) is 24.1 Å². The summed E-state index contributed by atoms with van der Waals surface area (Å²) in [5.41, 5.74) is 8.37. The molecular weight excluding hydrogens is 252 g/mol. The number of benzene rings is 2. The van der Waals surface area contributed by atoms with Crippen molar-refractivity contribution < 1.29 is 4.79 Å². The summed E-state index contributed by atoms with van der Waals surface area (Å²) in [7, 11) is 1.73. The van der Waals surface area contributed by atoms with E-state index in [1.807, 2.05) is 36.4 Å². The smallest absolute Gasteiger partial charge is 0.279 e. The Morgan fingerprint density at radius 1 is 1.20 bits per heavy atom. The summed E-state index contributed by atoms with van der Waals surface area (Å²) in [4.78, 5) is 14.1. The van der Waals surface area contributed by atoms with E-state index in [1.165, 1.54) is 0 Å². The molecule has 0 fully saturated rings. The van der Waals surface area contributed by atoms with Crippen LogP contribution in [0.3, 0.4) is 0 Å². The van der Waals surface area contributed by atoms with Crippen molar-refractivity contribution in [1.29, 1.82) is 0 Å². The van der Waals surface area contributed by atoms with Crippen molar-refractivity contribution in [1.82, 2.24) is 10.2 Å². The first-order valence-corrected chi connectivity index (χ1v) is 6.23. The highest BCUT2D eigenvalue weighted by Gasteiger charge is 2.19. The van der Waals surface area contributed by atoms with Gasteiger partial charge in [-0.1, -0.05) is 18.2 Å². The number of nitrogens with two attached hydrogens (primary N) is 1. The molecule has 0 aliphatic rings. The van der Waals surface area contributed by atoms with Gasteiger partial charge in [-0.15, -0.1) is 0 Å². The number of hydrogen-bond donors (Lipinski definition) is 2. The van der Waals surface area contributed by atoms with Crippen molar-refractivity contribution in [2.75, 3.05) is 17.7 Å². The molecule has 0 aliphatic carbocycles. The number of para-hydroxylation sites is 1. The van der Waals surface area contributed by atoms with E-state index in [-0.39, 0.29) is 5.91 Å². The van der Waals surface area contributed by atoms with Gasteiger partial charge in [-0.2, -0.15) is 5.10 Å². The summed E-state index contributed by atoms with van der Waals surface area (Å²) >= 11 is 0. The second-order valence-electron chi connectivity index (χ2n) is 4.58. The summed E-state index contributed by atoms with van der Waals surface area (Å²) < 4.78 is 0. The number of nitrogens with zero attached hydrogens (tertiary/aromatic N) is 2. The lowest BCUT2D eigenvalue weighted by molar-refractivity contribution is 0.0990. The highest BCUT2D eigenvalue weighted by molar-refractivity contribution is 6.12. The Morgan fingerprint density at radius 3 is 2.70 bits per heavy atom. The largest absolute Gasteiger partial charge is 0.399 e. The van der Waals surface area contributed by atoms with Crippen LogP contribution in [0.2, 0.25) is 0 Å². The van der Waals surface area contributed by atoms with Crippen LogP contribution in [-0.2, 0) is 0 Å². The molecule has 0 saturated carbocycles. The van der Waals surface area contributed by atoms with Crippen molar-refractivity contribution in [3.05, 3.63) is 54.2 Å². The fraction of sp³-hybridized carbons (Fsp3) is 0.0667. The quantitative estimate of drug-likeness (QED) is 0.699. The van der Waals surface area contributed by atoms with Gasteiger partial charge in [0.25, 0.3) is 5.91 Å². The second-order valence-corrected chi connectivity index (χ2v) is 4.58. The summed E-state index contributed by atoms with van der Waals surface area (Å²) in [6.45, 7) is 0. The van der Waals surface area contributed by atoms with Crippen LogP contribution in [0.1, 0.15) is 10.5 Å². The maximum absolute atomic E-state index is 12.5. The van der Waals surface area contributed by atoms with E-state index < -0.39 is 0 Å². The van der Waals surface area contributed by atoms with Crippen molar-refractivity contribution in [3.8, 4) is 0 Å². The Kier molecular flexibility index (Phi) is 2.87. The molecule has 1 aromatic heterocycles. The first-order valence-electron chi connectivity index (χ1n) is 6.23. The molecule has 0 spiro atoms. The zero-order valence-corrected chi connectivity index (χ0v) is 11.0. The Bertz CT molecular complexity index is 764.